The number of benzene rings is 2. The lowest BCUT2D eigenvalue weighted by Gasteiger charge is -2.33. The molecule has 0 saturated heterocycles. The number of thioether (sulfide) groups is 1. The number of ketones is 1. The summed E-state index contributed by atoms with van der Waals surface area (Å²) in [6.07, 6.45) is 2.02. The molecule has 7 heteroatoms. The zero-order chi connectivity index (χ0) is 24.9. The first-order valence-electron chi connectivity index (χ1n) is 11.7. The molecule has 6 nitrogen and oxygen atoms in total. The van der Waals surface area contributed by atoms with Gasteiger partial charge in [-0.05, 0) is 54.2 Å². The fourth-order valence-electron chi connectivity index (χ4n) is 4.45. The average Bonchev–Trinajstić information content (AvgIpc) is 2.87. The van der Waals surface area contributed by atoms with Gasteiger partial charge >= 0.3 is 0 Å². The number of ether oxygens (including phenoxy) is 1. The van der Waals surface area contributed by atoms with Gasteiger partial charge in [-0.25, -0.2) is 0 Å². The Morgan fingerprint density at radius 3 is 2.51 bits per heavy atom. The number of nitriles is 1. The Bertz CT molecular complexity index is 1220. The summed E-state index contributed by atoms with van der Waals surface area (Å²) in [5, 5.41) is 17.0. The summed E-state index contributed by atoms with van der Waals surface area (Å²) in [6, 6.07) is 17.7. The molecular weight excluding hydrogens is 458 g/mol. The number of dihydropyridines is 1. The van der Waals surface area contributed by atoms with Crippen molar-refractivity contribution in [2.24, 2.45) is 0 Å². The van der Waals surface area contributed by atoms with E-state index in [9.17, 15) is 14.9 Å². The molecule has 1 unspecified atom stereocenters. The lowest BCUT2D eigenvalue weighted by Crippen LogP contribution is -2.31. The number of carbonyl (C=O) groups is 2. The highest BCUT2D eigenvalue weighted by Crippen LogP contribution is 2.44. The summed E-state index contributed by atoms with van der Waals surface area (Å²) < 4.78 is 5.15. The van der Waals surface area contributed by atoms with Crippen molar-refractivity contribution < 1.29 is 14.3 Å². The molecule has 0 saturated carbocycles. The quantitative estimate of drug-likeness (QED) is 0.527. The minimum atomic E-state index is -0.419. The molecule has 2 aliphatic rings. The van der Waals surface area contributed by atoms with Crippen LogP contribution in [-0.2, 0) is 9.59 Å². The number of hydrogen-bond acceptors (Lipinski definition) is 6. The second kappa shape index (κ2) is 10.8. The molecule has 0 aromatic heterocycles. The normalized spacial score (nSPS) is 17.6. The minimum absolute atomic E-state index is 0.0886. The Balaban J connectivity index is 1.59. The van der Waals surface area contributed by atoms with E-state index in [0.717, 1.165) is 24.1 Å². The molecule has 35 heavy (non-hydrogen) atoms. The molecule has 1 heterocycles. The summed E-state index contributed by atoms with van der Waals surface area (Å²) in [6.45, 7) is 4.27. The second-order valence-electron chi connectivity index (χ2n) is 8.97. The van der Waals surface area contributed by atoms with Gasteiger partial charge in [0.05, 0.1) is 35.5 Å². The largest absolute Gasteiger partial charge is 0.497 e. The Morgan fingerprint density at radius 2 is 1.89 bits per heavy atom. The van der Waals surface area contributed by atoms with Gasteiger partial charge in [-0.2, -0.15) is 5.26 Å². The van der Waals surface area contributed by atoms with E-state index >= 15 is 0 Å². The summed E-state index contributed by atoms with van der Waals surface area (Å²) in [5.74, 6) is 0.734. The van der Waals surface area contributed by atoms with E-state index in [1.165, 1.54) is 17.3 Å². The third-order valence-corrected chi connectivity index (χ3v) is 7.34. The first-order chi connectivity index (χ1) is 16.9. The molecule has 1 aliphatic heterocycles. The van der Waals surface area contributed by atoms with Crippen LogP contribution in [0, 0.1) is 11.3 Å². The van der Waals surface area contributed by atoms with Crippen molar-refractivity contribution in [3.05, 3.63) is 81.5 Å². The van der Waals surface area contributed by atoms with Crippen molar-refractivity contribution in [3.8, 4) is 11.8 Å². The highest BCUT2D eigenvalue weighted by molar-refractivity contribution is 8.03. The number of Topliss-reactive ketones (excluding diaryl/α,β-unsaturated/α-hetero) is 1. The molecule has 2 aromatic carbocycles. The number of nitrogens with zero attached hydrogens (tertiary/aromatic N) is 1. The molecular formula is C28H29N3O3S. The third-order valence-electron chi connectivity index (χ3n) is 6.32. The lowest BCUT2D eigenvalue weighted by molar-refractivity contribution is -0.116. The molecule has 2 N–H and O–H groups in total. The number of methoxy groups -OCH3 is 1. The van der Waals surface area contributed by atoms with E-state index in [1.807, 2.05) is 12.1 Å². The first-order valence-corrected chi connectivity index (χ1v) is 12.7. The Morgan fingerprint density at radius 1 is 1.17 bits per heavy atom. The van der Waals surface area contributed by atoms with Crippen molar-refractivity contribution in [3.63, 3.8) is 0 Å². The highest BCUT2D eigenvalue weighted by atomic mass is 32.2. The Labute approximate surface area is 210 Å². The van der Waals surface area contributed by atoms with Gasteiger partial charge in [-0.1, -0.05) is 49.9 Å². The summed E-state index contributed by atoms with van der Waals surface area (Å²) in [7, 11) is 1.59. The van der Waals surface area contributed by atoms with Crippen LogP contribution in [0.2, 0.25) is 0 Å². The molecule has 0 spiro atoms. The zero-order valence-electron chi connectivity index (χ0n) is 20.2. The van der Waals surface area contributed by atoms with E-state index in [0.29, 0.717) is 40.0 Å². The van der Waals surface area contributed by atoms with Crippen molar-refractivity contribution in [2.45, 2.75) is 44.9 Å². The van der Waals surface area contributed by atoms with Crippen LogP contribution < -0.4 is 15.4 Å². The minimum Gasteiger partial charge on any atom is -0.497 e. The topological polar surface area (TPSA) is 91.2 Å². The predicted molar refractivity (Wildman–Crippen MR) is 139 cm³/mol. The van der Waals surface area contributed by atoms with Gasteiger partial charge in [0.2, 0.25) is 5.91 Å². The molecule has 0 fully saturated rings. The van der Waals surface area contributed by atoms with Gasteiger partial charge in [-0.15, -0.1) is 0 Å². The van der Waals surface area contributed by atoms with E-state index in [1.54, 1.807) is 31.4 Å². The molecule has 0 bridgehead atoms. The van der Waals surface area contributed by atoms with Crippen LogP contribution in [0.25, 0.3) is 0 Å². The number of nitrogens with one attached hydrogen (secondary N) is 2. The Hall–Kier alpha value is -3.50. The van der Waals surface area contributed by atoms with E-state index < -0.39 is 5.92 Å². The van der Waals surface area contributed by atoms with E-state index in [4.69, 9.17) is 4.74 Å². The third kappa shape index (κ3) is 5.44. The van der Waals surface area contributed by atoms with Crippen molar-refractivity contribution in [1.82, 2.24) is 5.32 Å². The van der Waals surface area contributed by atoms with Crippen LogP contribution in [0.15, 0.2) is 70.4 Å². The van der Waals surface area contributed by atoms with Gasteiger partial charge in [0.15, 0.2) is 5.78 Å². The lowest BCUT2D eigenvalue weighted by atomic mass is 9.76. The highest BCUT2D eigenvalue weighted by Gasteiger charge is 2.37. The number of anilines is 1. The molecule has 1 amide bonds. The second-order valence-corrected chi connectivity index (χ2v) is 9.95. The van der Waals surface area contributed by atoms with Gasteiger partial charge < -0.3 is 15.4 Å². The molecule has 2 aromatic rings. The van der Waals surface area contributed by atoms with Crippen LogP contribution >= 0.6 is 11.8 Å². The maximum Gasteiger partial charge on any atom is 0.234 e. The van der Waals surface area contributed by atoms with Gasteiger partial charge in [0.1, 0.15) is 5.75 Å². The van der Waals surface area contributed by atoms with Crippen LogP contribution in [0.1, 0.15) is 56.1 Å². The average molecular weight is 488 g/mol. The summed E-state index contributed by atoms with van der Waals surface area (Å²) in [5.41, 5.74) is 4.86. The first kappa shape index (κ1) is 24.6. The van der Waals surface area contributed by atoms with Crippen LogP contribution in [-0.4, -0.2) is 24.6 Å². The maximum atomic E-state index is 13.0. The van der Waals surface area contributed by atoms with Crippen molar-refractivity contribution >= 4 is 29.1 Å². The summed E-state index contributed by atoms with van der Waals surface area (Å²) in [4.78, 5) is 25.6. The number of hydrogen-bond donors (Lipinski definition) is 2. The van der Waals surface area contributed by atoms with Crippen molar-refractivity contribution in [1.29, 1.82) is 5.26 Å². The van der Waals surface area contributed by atoms with Gasteiger partial charge in [0, 0.05) is 23.4 Å². The number of allylic oxidation sites excluding steroid dienone is 3. The number of amides is 1. The molecule has 1 aliphatic carbocycles. The zero-order valence-corrected chi connectivity index (χ0v) is 21.0. The van der Waals surface area contributed by atoms with Gasteiger partial charge in [0.25, 0.3) is 0 Å². The molecule has 180 valence electrons. The van der Waals surface area contributed by atoms with Crippen LogP contribution in [0.5, 0.6) is 5.75 Å². The molecule has 0 radical (unpaired) electrons. The summed E-state index contributed by atoms with van der Waals surface area (Å²) >= 11 is 1.29. The van der Waals surface area contributed by atoms with Gasteiger partial charge in [-0.3, -0.25) is 9.59 Å². The van der Waals surface area contributed by atoms with E-state index in [-0.39, 0.29) is 17.4 Å². The predicted octanol–water partition coefficient (Wildman–Crippen LogP) is 5.62. The Kier molecular flexibility index (Phi) is 7.62. The van der Waals surface area contributed by atoms with E-state index in [2.05, 4.69) is 42.7 Å². The molecule has 1 atom stereocenters. The van der Waals surface area contributed by atoms with Crippen LogP contribution in [0.3, 0.4) is 0 Å². The van der Waals surface area contributed by atoms with Crippen molar-refractivity contribution in [2.75, 3.05) is 18.2 Å². The SMILES string of the molecule is COc1ccc(NC(=O)CSC2=C(C#N)C(c3ccc(C(C)C)cc3)C3=C(CCCC3=O)N2)cc1. The standard InChI is InChI=1S/C28H29N3O3S/c1-17(2)18-7-9-19(10-8-18)26-22(15-29)28(31-23-5-4-6-24(32)27(23)26)35-16-25(33)30-20-11-13-21(34-3)14-12-20/h7-14,17,26,31H,4-6,16H2,1-3H3,(H,30,33). The molecule has 4 rings (SSSR count). The number of rotatable bonds is 7. The fraction of sp³-hybridized carbons (Fsp3) is 0.321. The number of carbonyl (C=O) groups excluding carboxylic acids is 2. The maximum absolute atomic E-state index is 13.0. The smallest absolute Gasteiger partial charge is 0.234 e. The monoisotopic (exact) mass is 487 g/mol. The van der Waals surface area contributed by atoms with Crippen LogP contribution in [0.4, 0.5) is 5.69 Å². The fourth-order valence-corrected chi connectivity index (χ4v) is 5.32.